The van der Waals surface area contributed by atoms with E-state index < -0.39 is 0 Å². The van der Waals surface area contributed by atoms with E-state index in [1.165, 1.54) is 0 Å². The maximum absolute atomic E-state index is 5.67. The lowest BCUT2D eigenvalue weighted by Gasteiger charge is -2.28. The average Bonchev–Trinajstić information content (AvgIpc) is 2.31. The molecule has 2 aliphatic heterocycles. The van der Waals surface area contributed by atoms with Crippen molar-refractivity contribution in [3.05, 3.63) is 24.3 Å². The second-order valence-corrected chi connectivity index (χ2v) is 2.65. The number of hydrazine groups is 2. The summed E-state index contributed by atoms with van der Waals surface area (Å²) < 4.78 is 0. The summed E-state index contributed by atoms with van der Waals surface area (Å²) in [6.45, 7) is 1.43. The zero-order valence-electron chi connectivity index (χ0n) is 6.14. The topological polar surface area (TPSA) is 61.8 Å². The first-order valence-electron chi connectivity index (χ1n) is 3.46. The summed E-state index contributed by atoms with van der Waals surface area (Å²) in [7, 11) is 0. The zero-order valence-corrected chi connectivity index (χ0v) is 6.14. The molecule has 5 heteroatoms. The Hall–Kier alpha value is -1.20. The molecule has 0 aromatic carbocycles. The molecule has 0 unspecified atom stereocenters. The smallest absolute Gasteiger partial charge is 0.142 e. The van der Waals surface area contributed by atoms with Gasteiger partial charge in [-0.05, 0) is 6.08 Å². The van der Waals surface area contributed by atoms with Crippen LogP contribution in [0.5, 0.6) is 0 Å². The highest BCUT2D eigenvalue weighted by molar-refractivity contribution is 5.12. The predicted molar refractivity (Wildman–Crippen MR) is 40.8 cm³/mol. The van der Waals surface area contributed by atoms with Gasteiger partial charge < -0.3 is 4.90 Å². The Labute approximate surface area is 65.1 Å². The summed E-state index contributed by atoms with van der Waals surface area (Å²) in [5, 5.41) is 3.26. The summed E-state index contributed by atoms with van der Waals surface area (Å²) in [6, 6.07) is 0. The van der Waals surface area contributed by atoms with Crippen LogP contribution in [-0.2, 0) is 0 Å². The molecule has 11 heavy (non-hydrogen) atoms. The van der Waals surface area contributed by atoms with Gasteiger partial charge in [0.05, 0.1) is 12.7 Å². The molecule has 0 aliphatic carbocycles. The molecule has 0 saturated carbocycles. The van der Waals surface area contributed by atoms with Gasteiger partial charge in [-0.3, -0.25) is 10.0 Å². The van der Waals surface area contributed by atoms with Crippen molar-refractivity contribution in [1.82, 2.24) is 14.9 Å². The Morgan fingerprint density at radius 1 is 1.36 bits per heavy atom. The van der Waals surface area contributed by atoms with Crippen molar-refractivity contribution in [3.63, 3.8) is 0 Å². The minimum Gasteiger partial charge on any atom is -0.313 e. The van der Waals surface area contributed by atoms with Crippen molar-refractivity contribution in [2.24, 2.45) is 11.7 Å². The zero-order chi connectivity index (χ0) is 7.84. The molecule has 4 N–H and O–H groups in total. The van der Waals surface area contributed by atoms with E-state index in [-0.39, 0.29) is 0 Å². The van der Waals surface area contributed by atoms with Crippen LogP contribution in [0.4, 0.5) is 0 Å². The van der Waals surface area contributed by atoms with E-state index in [4.69, 9.17) is 11.7 Å². The largest absolute Gasteiger partial charge is 0.313 e. The molecule has 0 spiro atoms. The fourth-order valence-corrected chi connectivity index (χ4v) is 1.26. The number of hydrogen-bond donors (Lipinski definition) is 2. The number of nitrogens with two attached hydrogens (primary N) is 2. The van der Waals surface area contributed by atoms with Gasteiger partial charge in [0.2, 0.25) is 0 Å². The highest BCUT2D eigenvalue weighted by Gasteiger charge is 2.22. The fraction of sp³-hybridized carbons (Fsp3) is 0.333. The third-order valence-corrected chi connectivity index (χ3v) is 1.77. The first-order valence-corrected chi connectivity index (χ1v) is 3.46. The molecule has 2 rings (SSSR count). The normalized spacial score (nSPS) is 22.4. The number of hydrogen-bond acceptors (Lipinski definition) is 5. The van der Waals surface area contributed by atoms with E-state index in [1.54, 1.807) is 10.0 Å². The van der Waals surface area contributed by atoms with Crippen LogP contribution < -0.4 is 11.7 Å². The van der Waals surface area contributed by atoms with Crippen LogP contribution >= 0.6 is 0 Å². The van der Waals surface area contributed by atoms with Crippen molar-refractivity contribution in [3.8, 4) is 0 Å². The molecule has 0 saturated heterocycles. The van der Waals surface area contributed by atoms with Gasteiger partial charge in [0, 0.05) is 6.20 Å². The van der Waals surface area contributed by atoms with Crippen LogP contribution in [0.25, 0.3) is 0 Å². The van der Waals surface area contributed by atoms with Gasteiger partial charge in [0.15, 0.2) is 0 Å². The first kappa shape index (κ1) is 6.51. The fourth-order valence-electron chi connectivity index (χ4n) is 1.26. The van der Waals surface area contributed by atoms with E-state index in [0.29, 0.717) is 6.67 Å². The third-order valence-electron chi connectivity index (χ3n) is 1.77. The molecule has 5 nitrogen and oxygen atoms in total. The SMILES string of the molecule is NN1C=C2N(N)CC=CN2C1. The van der Waals surface area contributed by atoms with E-state index in [0.717, 1.165) is 12.4 Å². The van der Waals surface area contributed by atoms with Crippen molar-refractivity contribution < 1.29 is 0 Å². The number of fused-ring (bicyclic) bond motifs is 1. The summed E-state index contributed by atoms with van der Waals surface area (Å²) in [5.74, 6) is 12.2. The van der Waals surface area contributed by atoms with Gasteiger partial charge >= 0.3 is 0 Å². The van der Waals surface area contributed by atoms with Crippen LogP contribution in [0.3, 0.4) is 0 Å². The van der Waals surface area contributed by atoms with Gasteiger partial charge in [-0.1, -0.05) is 0 Å². The molecule has 60 valence electrons. The highest BCUT2D eigenvalue weighted by Crippen LogP contribution is 2.18. The molecule has 0 aromatic rings. The molecule has 2 heterocycles. The average molecular weight is 153 g/mol. The predicted octanol–water partition coefficient (Wildman–Crippen LogP) is -1.06. The third kappa shape index (κ3) is 0.941. The van der Waals surface area contributed by atoms with Gasteiger partial charge in [-0.2, -0.15) is 0 Å². The van der Waals surface area contributed by atoms with E-state index in [9.17, 15) is 0 Å². The van der Waals surface area contributed by atoms with Gasteiger partial charge in [-0.15, -0.1) is 0 Å². The van der Waals surface area contributed by atoms with E-state index in [2.05, 4.69) is 0 Å². The van der Waals surface area contributed by atoms with E-state index in [1.807, 2.05) is 23.4 Å². The van der Waals surface area contributed by atoms with Gasteiger partial charge in [0.1, 0.15) is 12.5 Å². The molecule has 0 atom stereocenters. The number of nitrogens with zero attached hydrogens (tertiary/aromatic N) is 3. The Bertz CT molecular complexity index is 221. The van der Waals surface area contributed by atoms with Crippen molar-refractivity contribution >= 4 is 0 Å². The van der Waals surface area contributed by atoms with Crippen molar-refractivity contribution in [2.45, 2.75) is 0 Å². The standard InChI is InChI=1S/C6H11N5/c7-10-4-6-9(5-10)2-1-3-11(6)8/h1-2,4H,3,5,7-8H2. The molecule has 0 bridgehead atoms. The molecule has 0 aromatic heterocycles. The van der Waals surface area contributed by atoms with Gasteiger partial charge in [-0.25, -0.2) is 11.7 Å². The highest BCUT2D eigenvalue weighted by atomic mass is 15.6. The minimum absolute atomic E-state index is 0.680. The second-order valence-electron chi connectivity index (χ2n) is 2.65. The first-order chi connectivity index (χ1) is 5.27. The van der Waals surface area contributed by atoms with Crippen LogP contribution in [-0.4, -0.2) is 28.1 Å². The monoisotopic (exact) mass is 153 g/mol. The lowest BCUT2D eigenvalue weighted by Crippen LogP contribution is -2.39. The molecular weight excluding hydrogens is 142 g/mol. The molecule has 0 amide bonds. The summed E-state index contributed by atoms with van der Waals surface area (Å²) in [6.07, 6.45) is 5.81. The maximum atomic E-state index is 5.67. The van der Waals surface area contributed by atoms with Crippen LogP contribution in [0.15, 0.2) is 24.3 Å². The summed E-state index contributed by atoms with van der Waals surface area (Å²) >= 11 is 0. The molecule has 0 fully saturated rings. The Kier molecular flexibility index (Phi) is 1.27. The van der Waals surface area contributed by atoms with Gasteiger partial charge in [0.25, 0.3) is 0 Å². The minimum atomic E-state index is 0.680. The van der Waals surface area contributed by atoms with Crippen LogP contribution in [0, 0.1) is 0 Å². The Morgan fingerprint density at radius 2 is 2.18 bits per heavy atom. The van der Waals surface area contributed by atoms with Crippen LogP contribution in [0.1, 0.15) is 0 Å². The quantitative estimate of drug-likeness (QED) is 0.434. The summed E-state index contributed by atoms with van der Waals surface area (Å²) in [4.78, 5) is 1.99. The molecule has 2 aliphatic rings. The molecule has 0 radical (unpaired) electrons. The van der Waals surface area contributed by atoms with E-state index >= 15 is 0 Å². The van der Waals surface area contributed by atoms with Crippen LogP contribution in [0.2, 0.25) is 0 Å². The lowest BCUT2D eigenvalue weighted by molar-refractivity contribution is 0.242. The Balaban J connectivity index is 2.26. The number of rotatable bonds is 0. The maximum Gasteiger partial charge on any atom is 0.142 e. The lowest BCUT2D eigenvalue weighted by atomic mass is 10.4. The van der Waals surface area contributed by atoms with Crippen molar-refractivity contribution in [2.75, 3.05) is 13.2 Å². The van der Waals surface area contributed by atoms with Crippen molar-refractivity contribution in [1.29, 1.82) is 0 Å². The summed E-state index contributed by atoms with van der Waals surface area (Å²) in [5.41, 5.74) is 0. The second kappa shape index (κ2) is 2.14. The Morgan fingerprint density at radius 3 is 2.91 bits per heavy atom. The molecular formula is C6H11N5.